The summed E-state index contributed by atoms with van der Waals surface area (Å²) < 4.78 is 0. The van der Waals surface area contributed by atoms with Gasteiger partial charge < -0.3 is 5.21 Å². The SMILES string of the molecule is CC(C)[C@@H]1C/C(=N\O)[C@H]2C(C)(C)CCC[C@@]12C. The van der Waals surface area contributed by atoms with Crippen molar-refractivity contribution in [1.82, 2.24) is 0 Å². The van der Waals surface area contributed by atoms with E-state index in [-0.39, 0.29) is 5.41 Å². The Morgan fingerprint density at radius 2 is 1.88 bits per heavy atom. The quantitative estimate of drug-likeness (QED) is 0.534. The zero-order chi connectivity index (χ0) is 12.8. The van der Waals surface area contributed by atoms with Crippen molar-refractivity contribution in [1.29, 1.82) is 0 Å². The summed E-state index contributed by atoms with van der Waals surface area (Å²) in [5.74, 6) is 1.83. The van der Waals surface area contributed by atoms with Gasteiger partial charge in [-0.15, -0.1) is 0 Å². The summed E-state index contributed by atoms with van der Waals surface area (Å²) in [6.45, 7) is 11.8. The topological polar surface area (TPSA) is 32.6 Å². The van der Waals surface area contributed by atoms with Crippen LogP contribution in [-0.2, 0) is 0 Å². The number of fused-ring (bicyclic) bond motifs is 1. The first kappa shape index (κ1) is 12.9. The highest BCUT2D eigenvalue weighted by atomic mass is 16.4. The summed E-state index contributed by atoms with van der Waals surface area (Å²) in [6.07, 6.45) is 4.88. The standard InChI is InChI=1S/C15H27NO/c1-10(2)11-9-12(16-17)13-14(3,4)7-6-8-15(11,13)5/h10-11,13,17H,6-9H2,1-5H3/b16-12+/t11-,13-,15-/m0/s1. The lowest BCUT2D eigenvalue weighted by molar-refractivity contribution is 0.00834. The molecule has 3 atom stereocenters. The van der Waals surface area contributed by atoms with Crippen LogP contribution in [0.25, 0.3) is 0 Å². The molecule has 0 aromatic heterocycles. The minimum Gasteiger partial charge on any atom is -0.411 e. The molecule has 0 saturated heterocycles. The lowest BCUT2D eigenvalue weighted by atomic mass is 9.54. The fourth-order valence-corrected chi connectivity index (χ4v) is 5.01. The average molecular weight is 237 g/mol. The van der Waals surface area contributed by atoms with Crippen LogP contribution in [0.15, 0.2) is 5.16 Å². The monoisotopic (exact) mass is 237 g/mol. The number of rotatable bonds is 1. The normalized spacial score (nSPS) is 43.1. The molecule has 0 heterocycles. The predicted molar refractivity (Wildman–Crippen MR) is 71.4 cm³/mol. The molecule has 98 valence electrons. The first-order chi connectivity index (χ1) is 7.83. The molecule has 0 aliphatic heterocycles. The van der Waals surface area contributed by atoms with Gasteiger partial charge >= 0.3 is 0 Å². The van der Waals surface area contributed by atoms with E-state index in [4.69, 9.17) is 0 Å². The lowest BCUT2D eigenvalue weighted by Crippen LogP contribution is -2.44. The second kappa shape index (κ2) is 4.00. The molecule has 0 unspecified atom stereocenters. The maximum atomic E-state index is 9.34. The van der Waals surface area contributed by atoms with Gasteiger partial charge in [-0.3, -0.25) is 0 Å². The summed E-state index contributed by atoms with van der Waals surface area (Å²) in [7, 11) is 0. The van der Waals surface area contributed by atoms with Crippen LogP contribution >= 0.6 is 0 Å². The highest BCUT2D eigenvalue weighted by Crippen LogP contribution is 2.62. The van der Waals surface area contributed by atoms with Crippen LogP contribution in [0.3, 0.4) is 0 Å². The van der Waals surface area contributed by atoms with Gasteiger partial charge in [-0.25, -0.2) is 0 Å². The summed E-state index contributed by atoms with van der Waals surface area (Å²) in [6, 6.07) is 0. The third-order valence-electron chi connectivity index (χ3n) is 5.52. The van der Waals surface area contributed by atoms with Gasteiger partial charge in [-0.2, -0.15) is 0 Å². The van der Waals surface area contributed by atoms with Crippen molar-refractivity contribution >= 4 is 5.71 Å². The molecule has 2 rings (SSSR count). The van der Waals surface area contributed by atoms with E-state index in [2.05, 4.69) is 39.8 Å². The molecule has 2 aliphatic carbocycles. The fourth-order valence-electron chi connectivity index (χ4n) is 5.01. The maximum absolute atomic E-state index is 9.34. The summed E-state index contributed by atoms with van der Waals surface area (Å²) >= 11 is 0. The second-order valence-electron chi connectivity index (χ2n) is 7.43. The van der Waals surface area contributed by atoms with Crippen LogP contribution in [0.5, 0.6) is 0 Å². The Balaban J connectivity index is 2.44. The van der Waals surface area contributed by atoms with Crippen LogP contribution in [0.2, 0.25) is 0 Å². The zero-order valence-electron chi connectivity index (χ0n) is 12.0. The summed E-state index contributed by atoms with van der Waals surface area (Å²) in [4.78, 5) is 0. The Bertz CT molecular complexity index is 332. The van der Waals surface area contributed by atoms with Gasteiger partial charge in [0.05, 0.1) is 5.71 Å². The molecule has 2 heteroatoms. The van der Waals surface area contributed by atoms with Gasteiger partial charge in [0, 0.05) is 5.92 Å². The Morgan fingerprint density at radius 1 is 1.24 bits per heavy atom. The highest BCUT2D eigenvalue weighted by Gasteiger charge is 2.57. The Morgan fingerprint density at radius 3 is 2.41 bits per heavy atom. The van der Waals surface area contributed by atoms with E-state index < -0.39 is 0 Å². The molecular weight excluding hydrogens is 210 g/mol. The first-order valence-electron chi connectivity index (χ1n) is 7.04. The summed E-state index contributed by atoms with van der Waals surface area (Å²) in [5, 5.41) is 13.0. The molecule has 0 bridgehead atoms. The molecular formula is C15H27NO. The number of hydrogen-bond donors (Lipinski definition) is 1. The zero-order valence-corrected chi connectivity index (χ0v) is 12.0. The van der Waals surface area contributed by atoms with E-state index in [0.717, 1.165) is 12.1 Å². The van der Waals surface area contributed by atoms with Gasteiger partial charge in [-0.05, 0) is 41.9 Å². The molecule has 0 aromatic carbocycles. The molecule has 2 aliphatic rings. The molecule has 2 nitrogen and oxygen atoms in total. The van der Waals surface area contributed by atoms with E-state index in [1.54, 1.807) is 0 Å². The minimum atomic E-state index is 0.290. The molecule has 17 heavy (non-hydrogen) atoms. The van der Waals surface area contributed by atoms with Crippen LogP contribution < -0.4 is 0 Å². The Hall–Kier alpha value is -0.530. The van der Waals surface area contributed by atoms with Crippen molar-refractivity contribution in [3.63, 3.8) is 0 Å². The summed E-state index contributed by atoms with van der Waals surface area (Å²) in [5.41, 5.74) is 1.70. The third-order valence-corrected chi connectivity index (χ3v) is 5.52. The van der Waals surface area contributed by atoms with E-state index in [1.807, 2.05) is 0 Å². The van der Waals surface area contributed by atoms with Gasteiger partial charge in [0.2, 0.25) is 0 Å². The number of nitrogens with zero attached hydrogens (tertiary/aromatic N) is 1. The van der Waals surface area contributed by atoms with Crippen LogP contribution in [0.1, 0.15) is 60.3 Å². The molecule has 2 fully saturated rings. The van der Waals surface area contributed by atoms with E-state index in [0.29, 0.717) is 23.2 Å². The van der Waals surface area contributed by atoms with Crippen molar-refractivity contribution in [2.45, 2.75) is 60.3 Å². The average Bonchev–Trinajstić information content (AvgIpc) is 2.51. The van der Waals surface area contributed by atoms with Crippen molar-refractivity contribution < 1.29 is 5.21 Å². The Labute approximate surface area is 105 Å². The fraction of sp³-hybridized carbons (Fsp3) is 0.933. The van der Waals surface area contributed by atoms with E-state index >= 15 is 0 Å². The number of hydrogen-bond acceptors (Lipinski definition) is 2. The smallest absolute Gasteiger partial charge is 0.0615 e. The van der Waals surface area contributed by atoms with Crippen molar-refractivity contribution in [3.05, 3.63) is 0 Å². The van der Waals surface area contributed by atoms with Crippen molar-refractivity contribution in [2.75, 3.05) is 0 Å². The van der Waals surface area contributed by atoms with Crippen molar-refractivity contribution in [3.8, 4) is 0 Å². The minimum absolute atomic E-state index is 0.290. The van der Waals surface area contributed by atoms with E-state index in [9.17, 15) is 5.21 Å². The maximum Gasteiger partial charge on any atom is 0.0615 e. The highest BCUT2D eigenvalue weighted by molar-refractivity contribution is 5.90. The van der Waals surface area contributed by atoms with E-state index in [1.165, 1.54) is 19.3 Å². The molecule has 1 N–H and O–H groups in total. The number of oxime groups is 1. The predicted octanol–water partition coefficient (Wildman–Crippen LogP) is 4.33. The van der Waals surface area contributed by atoms with Gasteiger partial charge in [0.1, 0.15) is 0 Å². The largest absolute Gasteiger partial charge is 0.411 e. The van der Waals surface area contributed by atoms with Crippen LogP contribution in [0.4, 0.5) is 0 Å². The van der Waals surface area contributed by atoms with Crippen molar-refractivity contribution in [2.24, 2.45) is 33.7 Å². The molecule has 0 spiro atoms. The Kier molecular flexibility index (Phi) is 3.04. The third kappa shape index (κ3) is 1.80. The van der Waals surface area contributed by atoms with Crippen LogP contribution in [-0.4, -0.2) is 10.9 Å². The lowest BCUT2D eigenvalue weighted by Gasteiger charge is -2.50. The van der Waals surface area contributed by atoms with Gasteiger partial charge in [0.25, 0.3) is 0 Å². The molecule has 0 radical (unpaired) electrons. The first-order valence-corrected chi connectivity index (χ1v) is 7.04. The second-order valence-corrected chi connectivity index (χ2v) is 7.43. The molecule has 2 saturated carbocycles. The molecule has 0 amide bonds. The molecule has 0 aromatic rings. The van der Waals surface area contributed by atoms with Gasteiger partial charge in [-0.1, -0.05) is 46.2 Å². The van der Waals surface area contributed by atoms with Gasteiger partial charge in [0.15, 0.2) is 0 Å². The van der Waals surface area contributed by atoms with Crippen LogP contribution in [0, 0.1) is 28.6 Å².